The summed E-state index contributed by atoms with van der Waals surface area (Å²) < 4.78 is 0. The Morgan fingerprint density at radius 3 is 2.53 bits per heavy atom. The fourth-order valence-corrected chi connectivity index (χ4v) is 2.01. The first-order chi connectivity index (χ1) is 7.09. The molecule has 0 aromatic rings. The van der Waals surface area contributed by atoms with Gasteiger partial charge in [-0.05, 0) is 19.3 Å². The summed E-state index contributed by atoms with van der Waals surface area (Å²) >= 11 is 0. The fourth-order valence-electron chi connectivity index (χ4n) is 2.01. The molecule has 0 heterocycles. The second-order valence-electron chi connectivity index (χ2n) is 4.32. The molecule has 0 aliphatic heterocycles. The predicted octanol–water partition coefficient (Wildman–Crippen LogP) is 1.55. The SMILES string of the molecule is C[C@@H](NC(=O)CCC1CCCC1)C(=O)O. The molecule has 1 aliphatic carbocycles. The number of hydrogen-bond acceptors (Lipinski definition) is 2. The van der Waals surface area contributed by atoms with Crippen LogP contribution in [0.15, 0.2) is 0 Å². The molecule has 1 fully saturated rings. The van der Waals surface area contributed by atoms with Crippen LogP contribution >= 0.6 is 0 Å². The fraction of sp³-hybridized carbons (Fsp3) is 0.818. The van der Waals surface area contributed by atoms with E-state index >= 15 is 0 Å². The minimum absolute atomic E-state index is 0.142. The van der Waals surface area contributed by atoms with Crippen LogP contribution in [0, 0.1) is 5.92 Å². The lowest BCUT2D eigenvalue weighted by atomic mass is 10.0. The second-order valence-corrected chi connectivity index (χ2v) is 4.32. The second kappa shape index (κ2) is 5.73. The van der Waals surface area contributed by atoms with Gasteiger partial charge < -0.3 is 10.4 Å². The van der Waals surface area contributed by atoms with E-state index in [4.69, 9.17) is 5.11 Å². The molecular weight excluding hydrogens is 194 g/mol. The van der Waals surface area contributed by atoms with E-state index < -0.39 is 12.0 Å². The van der Waals surface area contributed by atoms with Crippen LogP contribution in [-0.4, -0.2) is 23.0 Å². The Balaban J connectivity index is 2.15. The molecule has 1 rings (SSSR count). The summed E-state index contributed by atoms with van der Waals surface area (Å²) in [5, 5.41) is 11.1. The lowest BCUT2D eigenvalue weighted by Gasteiger charge is -2.11. The number of hydrogen-bond donors (Lipinski definition) is 2. The summed E-state index contributed by atoms with van der Waals surface area (Å²) in [6.45, 7) is 1.48. The minimum Gasteiger partial charge on any atom is -0.480 e. The van der Waals surface area contributed by atoms with Gasteiger partial charge in [0.1, 0.15) is 6.04 Å². The molecule has 0 spiro atoms. The van der Waals surface area contributed by atoms with Crippen molar-refractivity contribution in [2.24, 2.45) is 5.92 Å². The highest BCUT2D eigenvalue weighted by Crippen LogP contribution is 2.28. The molecule has 15 heavy (non-hydrogen) atoms. The van der Waals surface area contributed by atoms with E-state index in [1.165, 1.54) is 32.6 Å². The monoisotopic (exact) mass is 213 g/mol. The van der Waals surface area contributed by atoms with Gasteiger partial charge in [-0.25, -0.2) is 0 Å². The maximum atomic E-state index is 11.3. The molecule has 0 aromatic carbocycles. The van der Waals surface area contributed by atoms with Gasteiger partial charge in [0.15, 0.2) is 0 Å². The molecule has 0 unspecified atom stereocenters. The number of nitrogens with one attached hydrogen (secondary N) is 1. The number of carbonyl (C=O) groups excluding carboxylic acids is 1. The van der Waals surface area contributed by atoms with Crippen molar-refractivity contribution in [2.75, 3.05) is 0 Å². The zero-order valence-corrected chi connectivity index (χ0v) is 9.16. The largest absolute Gasteiger partial charge is 0.480 e. The Kier molecular flexibility index (Phi) is 4.59. The van der Waals surface area contributed by atoms with Gasteiger partial charge in [0.05, 0.1) is 0 Å². The third kappa shape index (κ3) is 4.32. The molecule has 4 nitrogen and oxygen atoms in total. The number of carboxylic acid groups (broad SMARTS) is 1. The van der Waals surface area contributed by atoms with Gasteiger partial charge in [-0.15, -0.1) is 0 Å². The van der Waals surface area contributed by atoms with Crippen molar-refractivity contribution in [3.05, 3.63) is 0 Å². The van der Waals surface area contributed by atoms with E-state index in [1.54, 1.807) is 0 Å². The summed E-state index contributed by atoms with van der Waals surface area (Å²) in [4.78, 5) is 21.8. The zero-order valence-electron chi connectivity index (χ0n) is 9.16. The highest BCUT2D eigenvalue weighted by molar-refractivity contribution is 5.83. The summed E-state index contributed by atoms with van der Waals surface area (Å²) in [6.07, 6.45) is 6.36. The molecule has 1 amide bonds. The highest BCUT2D eigenvalue weighted by atomic mass is 16.4. The average molecular weight is 213 g/mol. The molecule has 1 saturated carbocycles. The van der Waals surface area contributed by atoms with Crippen LogP contribution in [-0.2, 0) is 9.59 Å². The quantitative estimate of drug-likeness (QED) is 0.728. The third-order valence-corrected chi connectivity index (χ3v) is 3.00. The van der Waals surface area contributed by atoms with E-state index in [0.717, 1.165) is 6.42 Å². The van der Waals surface area contributed by atoms with Crippen LogP contribution in [0.4, 0.5) is 0 Å². The molecule has 0 radical (unpaired) electrons. The van der Waals surface area contributed by atoms with Crippen molar-refractivity contribution >= 4 is 11.9 Å². The summed E-state index contributed by atoms with van der Waals surface area (Å²) in [5.74, 6) is -0.447. The van der Waals surface area contributed by atoms with E-state index in [9.17, 15) is 9.59 Å². The number of aliphatic carboxylic acids is 1. The van der Waals surface area contributed by atoms with Gasteiger partial charge in [0.25, 0.3) is 0 Å². The van der Waals surface area contributed by atoms with E-state index in [-0.39, 0.29) is 5.91 Å². The zero-order chi connectivity index (χ0) is 11.3. The van der Waals surface area contributed by atoms with Gasteiger partial charge in [-0.1, -0.05) is 25.7 Å². The van der Waals surface area contributed by atoms with Gasteiger partial charge in [-0.2, -0.15) is 0 Å². The molecule has 0 aromatic heterocycles. The van der Waals surface area contributed by atoms with Crippen LogP contribution < -0.4 is 5.32 Å². The van der Waals surface area contributed by atoms with Gasteiger partial charge >= 0.3 is 5.97 Å². The van der Waals surface area contributed by atoms with Crippen LogP contribution in [0.1, 0.15) is 45.4 Å². The predicted molar refractivity (Wildman–Crippen MR) is 56.4 cm³/mol. The molecule has 1 atom stereocenters. The number of carboxylic acids is 1. The third-order valence-electron chi connectivity index (χ3n) is 3.00. The van der Waals surface area contributed by atoms with Crippen molar-refractivity contribution < 1.29 is 14.7 Å². The Morgan fingerprint density at radius 1 is 1.40 bits per heavy atom. The van der Waals surface area contributed by atoms with Crippen molar-refractivity contribution in [1.82, 2.24) is 5.32 Å². The lowest BCUT2D eigenvalue weighted by molar-refractivity contribution is -0.141. The van der Waals surface area contributed by atoms with Crippen molar-refractivity contribution in [3.63, 3.8) is 0 Å². The lowest BCUT2D eigenvalue weighted by Crippen LogP contribution is -2.38. The molecule has 1 aliphatic rings. The van der Waals surface area contributed by atoms with E-state index in [1.807, 2.05) is 0 Å². The minimum atomic E-state index is -0.982. The Bertz CT molecular complexity index is 234. The first kappa shape index (κ1) is 12.0. The maximum absolute atomic E-state index is 11.3. The number of rotatable bonds is 5. The first-order valence-electron chi connectivity index (χ1n) is 5.61. The van der Waals surface area contributed by atoms with Crippen LogP contribution in [0.3, 0.4) is 0 Å². The molecule has 0 bridgehead atoms. The smallest absolute Gasteiger partial charge is 0.325 e. The van der Waals surface area contributed by atoms with Crippen molar-refractivity contribution in [3.8, 4) is 0 Å². The highest BCUT2D eigenvalue weighted by Gasteiger charge is 2.18. The Labute approximate surface area is 90.0 Å². The topological polar surface area (TPSA) is 66.4 Å². The molecule has 4 heteroatoms. The van der Waals surface area contributed by atoms with Gasteiger partial charge in [-0.3, -0.25) is 9.59 Å². The summed E-state index contributed by atoms with van der Waals surface area (Å²) in [6, 6.07) is -0.777. The van der Waals surface area contributed by atoms with Crippen molar-refractivity contribution in [2.45, 2.75) is 51.5 Å². The Morgan fingerprint density at radius 2 is 2.00 bits per heavy atom. The summed E-state index contributed by atoms with van der Waals surface area (Å²) in [7, 11) is 0. The van der Waals surface area contributed by atoms with Gasteiger partial charge in [0.2, 0.25) is 5.91 Å². The van der Waals surface area contributed by atoms with E-state index in [2.05, 4.69) is 5.32 Å². The normalized spacial score (nSPS) is 18.7. The van der Waals surface area contributed by atoms with Crippen LogP contribution in [0.25, 0.3) is 0 Å². The van der Waals surface area contributed by atoms with Crippen LogP contribution in [0.5, 0.6) is 0 Å². The van der Waals surface area contributed by atoms with Crippen LogP contribution in [0.2, 0.25) is 0 Å². The first-order valence-corrected chi connectivity index (χ1v) is 5.61. The van der Waals surface area contributed by atoms with Gasteiger partial charge in [0, 0.05) is 6.42 Å². The number of amides is 1. The van der Waals surface area contributed by atoms with Crippen molar-refractivity contribution in [1.29, 1.82) is 0 Å². The molecule has 2 N–H and O–H groups in total. The number of carbonyl (C=O) groups is 2. The standard InChI is InChI=1S/C11H19NO3/c1-8(11(14)15)12-10(13)7-6-9-4-2-3-5-9/h8-9H,2-7H2,1H3,(H,12,13)(H,14,15)/t8-/m1/s1. The summed E-state index contributed by atoms with van der Waals surface area (Å²) in [5.41, 5.74) is 0. The molecular formula is C11H19NO3. The average Bonchev–Trinajstić information content (AvgIpc) is 2.66. The molecule has 86 valence electrons. The maximum Gasteiger partial charge on any atom is 0.325 e. The van der Waals surface area contributed by atoms with E-state index in [0.29, 0.717) is 12.3 Å². The Hall–Kier alpha value is -1.06. The molecule has 0 saturated heterocycles.